The van der Waals surface area contributed by atoms with Crippen molar-refractivity contribution in [2.75, 3.05) is 7.11 Å². The first-order chi connectivity index (χ1) is 12.6. The van der Waals surface area contributed by atoms with E-state index >= 15 is 0 Å². The van der Waals surface area contributed by atoms with Gasteiger partial charge in [-0.1, -0.05) is 6.07 Å². The number of carboxylic acids is 2. The molecular formula is C16H21NO10. The molecule has 1 aliphatic rings. The molecular weight excluding hydrogens is 366 g/mol. The Kier molecular flexibility index (Phi) is 6.57. The molecule has 11 nitrogen and oxygen atoms in total. The smallest absolute Gasteiger partial charge is 0.335 e. The third kappa shape index (κ3) is 4.64. The molecule has 0 aromatic heterocycles. The standard InChI is InChI=1S/C16H21NO10/c1-25-9-5-6(4-7(17)14(21)22)2-3-8(9)26-16-12(20)10(18)11(19)13(27-16)15(23)24/h2-3,5,7,10-13,16,18-20H,4,17H2,1H3,(H,21,22)(H,23,24)/t7-,10-,11-,12+,13-,16?/m0/s1. The Morgan fingerprint density at radius 1 is 1.15 bits per heavy atom. The Hall–Kier alpha value is -2.44. The second kappa shape index (κ2) is 8.50. The summed E-state index contributed by atoms with van der Waals surface area (Å²) in [5.74, 6) is -2.51. The highest BCUT2D eigenvalue weighted by Crippen LogP contribution is 2.32. The van der Waals surface area contributed by atoms with E-state index in [9.17, 15) is 24.9 Å². The van der Waals surface area contributed by atoms with Crippen molar-refractivity contribution in [2.24, 2.45) is 5.73 Å². The average molecular weight is 387 g/mol. The van der Waals surface area contributed by atoms with E-state index in [1.807, 2.05) is 0 Å². The molecule has 1 aliphatic heterocycles. The number of carbonyl (C=O) groups is 2. The van der Waals surface area contributed by atoms with Gasteiger partial charge >= 0.3 is 11.9 Å². The first-order valence-corrected chi connectivity index (χ1v) is 7.90. The lowest BCUT2D eigenvalue weighted by molar-refractivity contribution is -0.271. The maximum Gasteiger partial charge on any atom is 0.335 e. The highest BCUT2D eigenvalue weighted by Gasteiger charge is 2.48. The molecule has 11 heteroatoms. The second-order valence-corrected chi connectivity index (χ2v) is 5.99. The fraction of sp³-hybridized carbons (Fsp3) is 0.500. The number of benzene rings is 1. The number of hydrogen-bond acceptors (Lipinski definition) is 9. The van der Waals surface area contributed by atoms with Crippen molar-refractivity contribution in [1.82, 2.24) is 0 Å². The van der Waals surface area contributed by atoms with Crippen LogP contribution in [-0.4, -0.2) is 81.3 Å². The van der Waals surface area contributed by atoms with Crippen LogP contribution >= 0.6 is 0 Å². The van der Waals surface area contributed by atoms with Crippen molar-refractivity contribution in [3.8, 4) is 11.5 Å². The molecule has 27 heavy (non-hydrogen) atoms. The molecule has 1 saturated heterocycles. The maximum atomic E-state index is 11.1. The molecule has 1 heterocycles. The fourth-order valence-corrected chi connectivity index (χ4v) is 2.55. The average Bonchev–Trinajstić information content (AvgIpc) is 2.62. The van der Waals surface area contributed by atoms with Crippen molar-refractivity contribution in [3.05, 3.63) is 23.8 Å². The number of aliphatic hydroxyl groups excluding tert-OH is 3. The van der Waals surface area contributed by atoms with Crippen LogP contribution < -0.4 is 15.2 Å². The first-order valence-electron chi connectivity index (χ1n) is 7.90. The van der Waals surface area contributed by atoms with Crippen molar-refractivity contribution in [1.29, 1.82) is 0 Å². The van der Waals surface area contributed by atoms with Crippen molar-refractivity contribution >= 4 is 11.9 Å². The maximum absolute atomic E-state index is 11.1. The SMILES string of the molecule is COc1cc(C[C@H](N)C(=O)O)ccc1OC1O[C@H](C(=O)O)[C@@H](O)[C@H](O)[C@H]1O. The van der Waals surface area contributed by atoms with Crippen LogP contribution in [0, 0.1) is 0 Å². The van der Waals surface area contributed by atoms with Crippen LogP contribution in [0.15, 0.2) is 18.2 Å². The molecule has 6 atom stereocenters. The van der Waals surface area contributed by atoms with E-state index in [0.717, 1.165) is 0 Å². The highest BCUT2D eigenvalue weighted by molar-refractivity contribution is 5.74. The van der Waals surface area contributed by atoms with Crippen LogP contribution in [0.1, 0.15) is 5.56 Å². The Balaban J connectivity index is 2.20. The lowest BCUT2D eigenvalue weighted by Gasteiger charge is -2.38. The zero-order chi connectivity index (χ0) is 20.3. The zero-order valence-electron chi connectivity index (χ0n) is 14.3. The molecule has 1 aromatic rings. The molecule has 0 aliphatic carbocycles. The molecule has 0 radical (unpaired) electrons. The summed E-state index contributed by atoms with van der Waals surface area (Å²) in [5, 5.41) is 47.4. The number of carboxylic acid groups (broad SMARTS) is 2. The number of nitrogens with two attached hydrogens (primary N) is 1. The predicted molar refractivity (Wildman–Crippen MR) is 87.3 cm³/mol. The van der Waals surface area contributed by atoms with Crippen molar-refractivity contribution in [3.63, 3.8) is 0 Å². The summed E-state index contributed by atoms with van der Waals surface area (Å²) in [4.78, 5) is 22.0. The van der Waals surface area contributed by atoms with Gasteiger partial charge in [-0.3, -0.25) is 4.79 Å². The molecule has 0 spiro atoms. The molecule has 2 rings (SSSR count). The number of aliphatic hydroxyl groups is 3. The summed E-state index contributed by atoms with van der Waals surface area (Å²) in [7, 11) is 1.32. The summed E-state index contributed by atoms with van der Waals surface area (Å²) < 4.78 is 15.6. The summed E-state index contributed by atoms with van der Waals surface area (Å²) in [5.41, 5.74) is 6.03. The minimum atomic E-state index is -1.83. The molecule has 1 unspecified atom stereocenters. The molecule has 0 amide bonds. The Labute approximate surface area is 153 Å². The molecule has 150 valence electrons. The number of hydrogen-bond donors (Lipinski definition) is 6. The third-order valence-corrected chi connectivity index (χ3v) is 4.06. The van der Waals surface area contributed by atoms with Crippen LogP contribution in [0.3, 0.4) is 0 Å². The molecule has 7 N–H and O–H groups in total. The van der Waals surface area contributed by atoms with Gasteiger partial charge in [-0.05, 0) is 24.1 Å². The van der Waals surface area contributed by atoms with Gasteiger partial charge in [-0.25, -0.2) is 4.79 Å². The molecule has 1 aromatic carbocycles. The second-order valence-electron chi connectivity index (χ2n) is 5.99. The number of methoxy groups -OCH3 is 1. The van der Waals surface area contributed by atoms with Gasteiger partial charge in [0.25, 0.3) is 0 Å². The van der Waals surface area contributed by atoms with E-state index in [2.05, 4.69) is 0 Å². The van der Waals surface area contributed by atoms with Gasteiger partial charge in [-0.15, -0.1) is 0 Å². The predicted octanol–water partition coefficient (Wildman–Crippen LogP) is -2.08. The number of ether oxygens (including phenoxy) is 3. The Morgan fingerprint density at radius 2 is 1.81 bits per heavy atom. The molecule has 1 fully saturated rings. The van der Waals surface area contributed by atoms with Gasteiger partial charge < -0.3 is 45.5 Å². The number of aliphatic carboxylic acids is 2. The van der Waals surface area contributed by atoms with Gasteiger partial charge in [-0.2, -0.15) is 0 Å². The van der Waals surface area contributed by atoms with Gasteiger partial charge in [0.05, 0.1) is 7.11 Å². The largest absolute Gasteiger partial charge is 0.493 e. The zero-order valence-corrected chi connectivity index (χ0v) is 14.3. The van der Waals surface area contributed by atoms with Crippen LogP contribution in [-0.2, 0) is 20.7 Å². The highest BCUT2D eigenvalue weighted by atomic mass is 16.7. The lowest BCUT2D eigenvalue weighted by atomic mass is 9.99. The normalized spacial score (nSPS) is 29.0. The Bertz CT molecular complexity index is 696. The Morgan fingerprint density at radius 3 is 2.37 bits per heavy atom. The van der Waals surface area contributed by atoms with Crippen LogP contribution in [0.2, 0.25) is 0 Å². The van der Waals surface area contributed by atoms with Gasteiger partial charge in [0.2, 0.25) is 6.29 Å². The van der Waals surface area contributed by atoms with E-state index in [4.69, 9.17) is 30.2 Å². The monoisotopic (exact) mass is 387 g/mol. The van der Waals surface area contributed by atoms with Crippen LogP contribution in [0.4, 0.5) is 0 Å². The van der Waals surface area contributed by atoms with Crippen molar-refractivity contribution in [2.45, 2.75) is 43.2 Å². The van der Waals surface area contributed by atoms with E-state index in [1.165, 1.54) is 25.3 Å². The van der Waals surface area contributed by atoms with Gasteiger partial charge in [0, 0.05) is 0 Å². The van der Waals surface area contributed by atoms with Crippen molar-refractivity contribution < 1.29 is 49.3 Å². The van der Waals surface area contributed by atoms with Crippen LogP contribution in [0.5, 0.6) is 11.5 Å². The minimum Gasteiger partial charge on any atom is -0.493 e. The van der Waals surface area contributed by atoms with Crippen LogP contribution in [0.25, 0.3) is 0 Å². The lowest BCUT2D eigenvalue weighted by Crippen LogP contribution is -2.61. The van der Waals surface area contributed by atoms with E-state index in [0.29, 0.717) is 5.56 Å². The fourth-order valence-electron chi connectivity index (χ4n) is 2.55. The summed E-state index contributed by atoms with van der Waals surface area (Å²) >= 11 is 0. The summed E-state index contributed by atoms with van der Waals surface area (Å²) in [6, 6.07) is 3.26. The van der Waals surface area contributed by atoms with Gasteiger partial charge in [0.1, 0.15) is 24.4 Å². The first kappa shape index (κ1) is 20.9. The van der Waals surface area contributed by atoms with Gasteiger partial charge in [0.15, 0.2) is 17.6 Å². The van der Waals surface area contributed by atoms with E-state index in [1.54, 1.807) is 0 Å². The summed E-state index contributed by atoms with van der Waals surface area (Å²) in [6.07, 6.45) is -8.72. The van der Waals surface area contributed by atoms with E-state index in [-0.39, 0.29) is 17.9 Å². The number of rotatable bonds is 7. The quantitative estimate of drug-likeness (QED) is 0.301. The van der Waals surface area contributed by atoms with E-state index < -0.39 is 48.7 Å². The summed E-state index contributed by atoms with van der Waals surface area (Å²) in [6.45, 7) is 0. The minimum absolute atomic E-state index is 0.0283. The molecule has 0 saturated carbocycles. The third-order valence-electron chi connectivity index (χ3n) is 4.06. The molecule has 0 bridgehead atoms. The topological polar surface area (TPSA) is 189 Å².